The predicted octanol–water partition coefficient (Wildman–Crippen LogP) is 3.17. The minimum atomic E-state index is -0.387. The Bertz CT molecular complexity index is 1340. The van der Waals surface area contributed by atoms with Crippen LogP contribution in [-0.2, 0) is 13.1 Å². The number of benzene rings is 2. The molecule has 31 heavy (non-hydrogen) atoms. The Morgan fingerprint density at radius 2 is 1.94 bits per heavy atom. The molecule has 4 N–H and O–H groups in total. The number of nitrogens with one attached hydrogen (secondary N) is 1. The summed E-state index contributed by atoms with van der Waals surface area (Å²) >= 11 is 0. The second kappa shape index (κ2) is 8.58. The maximum Gasteiger partial charge on any atom is 0.258 e. The van der Waals surface area contributed by atoms with E-state index in [9.17, 15) is 20.1 Å². The number of hydrogen-bond donors (Lipinski definition) is 4. The Kier molecular flexibility index (Phi) is 5.53. The number of hydrogen-bond acceptors (Lipinski definition) is 6. The maximum absolute atomic E-state index is 12.3. The Balaban J connectivity index is 1.63. The average molecular weight is 416 g/mol. The highest BCUT2D eigenvalue weighted by molar-refractivity contribution is 6.02. The molecular weight excluding hydrogens is 396 g/mol. The van der Waals surface area contributed by atoms with Crippen molar-refractivity contribution in [1.29, 1.82) is 0 Å². The highest BCUT2D eigenvalue weighted by atomic mass is 16.3. The molecule has 8 heteroatoms. The number of rotatable bonds is 6. The highest BCUT2D eigenvalue weighted by Gasteiger charge is 2.10. The summed E-state index contributed by atoms with van der Waals surface area (Å²) in [6.45, 7) is 0.880. The summed E-state index contributed by atoms with van der Waals surface area (Å²) in [6.07, 6.45) is 10.7. The van der Waals surface area contributed by atoms with Gasteiger partial charge in [-0.2, -0.15) is 0 Å². The molecule has 0 aliphatic rings. The first-order valence-electron chi connectivity index (χ1n) is 9.53. The summed E-state index contributed by atoms with van der Waals surface area (Å²) in [5.41, 5.74) is 1.56. The van der Waals surface area contributed by atoms with Gasteiger partial charge in [0, 0.05) is 35.9 Å². The fourth-order valence-electron chi connectivity index (χ4n) is 3.20. The van der Waals surface area contributed by atoms with Gasteiger partial charge >= 0.3 is 0 Å². The van der Waals surface area contributed by atoms with Gasteiger partial charge in [0.25, 0.3) is 5.56 Å². The Hall–Kier alpha value is -4.33. The zero-order valence-electron chi connectivity index (χ0n) is 16.4. The van der Waals surface area contributed by atoms with Gasteiger partial charge in [0.1, 0.15) is 0 Å². The molecule has 0 bridgehead atoms. The number of aromatic hydroxyl groups is 3. The molecule has 0 aliphatic carbocycles. The second-order valence-electron chi connectivity index (χ2n) is 6.98. The number of aromatic amines is 1. The van der Waals surface area contributed by atoms with E-state index < -0.39 is 0 Å². The summed E-state index contributed by atoms with van der Waals surface area (Å²) in [6, 6.07) is 9.80. The van der Waals surface area contributed by atoms with Gasteiger partial charge < -0.3 is 19.9 Å². The summed E-state index contributed by atoms with van der Waals surface area (Å²) in [5.74, 6) is -0.697. The summed E-state index contributed by atoms with van der Waals surface area (Å²) < 4.78 is 1.92. The molecule has 0 radical (unpaired) electrons. The largest absolute Gasteiger partial charge is 0.504 e. The number of nitrogens with zero attached hydrogens (tertiary/aromatic N) is 3. The third-order valence-corrected chi connectivity index (χ3v) is 4.79. The smallest absolute Gasteiger partial charge is 0.258 e. The lowest BCUT2D eigenvalue weighted by Gasteiger charge is -2.06. The molecule has 0 unspecified atom stereocenters. The van der Waals surface area contributed by atoms with Crippen LogP contribution in [0, 0.1) is 0 Å². The normalized spacial score (nSPS) is 11.7. The van der Waals surface area contributed by atoms with E-state index in [0.29, 0.717) is 28.4 Å². The van der Waals surface area contributed by atoms with Crippen LogP contribution in [0.4, 0.5) is 0 Å². The van der Waals surface area contributed by atoms with Crippen LogP contribution in [0.1, 0.15) is 16.7 Å². The quantitative estimate of drug-likeness (QED) is 0.284. The minimum absolute atomic E-state index is 0.203. The van der Waals surface area contributed by atoms with Crippen molar-refractivity contribution >= 4 is 23.1 Å². The van der Waals surface area contributed by atoms with Gasteiger partial charge in [-0.3, -0.25) is 14.8 Å². The van der Waals surface area contributed by atoms with E-state index in [4.69, 9.17) is 0 Å². The number of fused-ring (bicyclic) bond motifs is 1. The van der Waals surface area contributed by atoms with Gasteiger partial charge in [0.05, 0.1) is 18.4 Å². The number of phenols is 2. The zero-order valence-corrected chi connectivity index (χ0v) is 16.4. The molecule has 0 saturated heterocycles. The van der Waals surface area contributed by atoms with Gasteiger partial charge in [-0.25, -0.2) is 4.98 Å². The molecule has 2 aromatic heterocycles. The average Bonchev–Trinajstić information content (AvgIpc) is 3.26. The SMILES string of the molecule is O=c1[nH]c(O)c(C=NCc2ccc(O)c(O)c2)c2cc(/C=C/Cn3ccnc3)ccc12. The molecule has 2 heterocycles. The van der Waals surface area contributed by atoms with E-state index in [2.05, 4.69) is 15.0 Å². The molecule has 0 fully saturated rings. The van der Waals surface area contributed by atoms with Crippen LogP contribution in [0.3, 0.4) is 0 Å². The molecule has 0 aliphatic heterocycles. The van der Waals surface area contributed by atoms with E-state index in [1.54, 1.807) is 24.7 Å². The number of phenolic OH excluding ortho intramolecular Hbond substituents is 2. The van der Waals surface area contributed by atoms with Gasteiger partial charge in [0.15, 0.2) is 11.5 Å². The van der Waals surface area contributed by atoms with E-state index in [0.717, 1.165) is 5.56 Å². The Morgan fingerprint density at radius 1 is 1.06 bits per heavy atom. The van der Waals surface area contributed by atoms with Crippen LogP contribution in [0.5, 0.6) is 17.4 Å². The topological polar surface area (TPSA) is 124 Å². The van der Waals surface area contributed by atoms with Crippen LogP contribution in [0.15, 0.2) is 71.0 Å². The number of imidazole rings is 1. The van der Waals surface area contributed by atoms with E-state index in [-0.39, 0.29) is 29.5 Å². The van der Waals surface area contributed by atoms with Crippen LogP contribution in [0.2, 0.25) is 0 Å². The van der Waals surface area contributed by atoms with Crippen LogP contribution >= 0.6 is 0 Å². The number of allylic oxidation sites excluding steroid dienone is 1. The van der Waals surface area contributed by atoms with E-state index in [1.165, 1.54) is 18.3 Å². The standard InChI is InChI=1S/C23H20N4O4/c28-20-6-4-16(11-21(20)29)12-25-13-19-18-10-15(2-1-8-27-9-7-24-14-27)3-5-17(18)22(30)26-23(19)31/h1-7,9-11,13-14,28-29H,8,12H2,(H2,26,30,31)/b2-1+,25-13?. The Labute approximate surface area is 177 Å². The third kappa shape index (κ3) is 4.48. The fourth-order valence-corrected chi connectivity index (χ4v) is 3.20. The van der Waals surface area contributed by atoms with Crippen LogP contribution < -0.4 is 5.56 Å². The maximum atomic E-state index is 12.3. The molecular formula is C23H20N4O4. The summed E-state index contributed by atoms with van der Waals surface area (Å²) in [5, 5.41) is 30.3. The van der Waals surface area contributed by atoms with E-state index in [1.807, 2.05) is 35.0 Å². The van der Waals surface area contributed by atoms with Crippen LogP contribution in [-0.4, -0.2) is 36.1 Å². The van der Waals surface area contributed by atoms with Crippen molar-refractivity contribution in [2.75, 3.05) is 0 Å². The number of aliphatic imine (C=N–C) groups is 1. The lowest BCUT2D eigenvalue weighted by molar-refractivity contribution is 0.403. The third-order valence-electron chi connectivity index (χ3n) is 4.79. The molecule has 4 rings (SSSR count). The lowest BCUT2D eigenvalue weighted by Crippen LogP contribution is -2.08. The van der Waals surface area contributed by atoms with Gasteiger partial charge in [-0.1, -0.05) is 24.3 Å². The van der Waals surface area contributed by atoms with Gasteiger partial charge in [0.2, 0.25) is 5.88 Å². The molecule has 8 nitrogen and oxygen atoms in total. The Morgan fingerprint density at radius 3 is 2.71 bits per heavy atom. The molecule has 2 aromatic carbocycles. The minimum Gasteiger partial charge on any atom is -0.504 e. The van der Waals surface area contributed by atoms with Crippen LogP contribution in [0.25, 0.3) is 16.8 Å². The summed E-state index contributed by atoms with van der Waals surface area (Å²) in [4.78, 5) is 23.0. The first-order valence-corrected chi connectivity index (χ1v) is 9.53. The van der Waals surface area contributed by atoms with Gasteiger partial charge in [-0.15, -0.1) is 0 Å². The second-order valence-corrected chi connectivity index (χ2v) is 6.98. The first kappa shape index (κ1) is 20.0. The lowest BCUT2D eigenvalue weighted by atomic mass is 10.0. The number of aromatic nitrogens is 3. The molecule has 0 spiro atoms. The van der Waals surface area contributed by atoms with Crippen molar-refractivity contribution in [3.63, 3.8) is 0 Å². The zero-order chi connectivity index (χ0) is 21.8. The van der Waals surface area contributed by atoms with Crippen molar-refractivity contribution in [2.45, 2.75) is 13.1 Å². The number of pyridine rings is 1. The van der Waals surface area contributed by atoms with Crippen molar-refractivity contribution in [3.8, 4) is 17.4 Å². The molecule has 0 amide bonds. The molecule has 4 aromatic rings. The molecule has 0 atom stereocenters. The number of H-pyrrole nitrogens is 1. The van der Waals surface area contributed by atoms with Crippen molar-refractivity contribution in [1.82, 2.24) is 14.5 Å². The highest BCUT2D eigenvalue weighted by Crippen LogP contribution is 2.26. The molecule has 0 saturated carbocycles. The fraction of sp³-hybridized carbons (Fsp3) is 0.0870. The van der Waals surface area contributed by atoms with Crippen molar-refractivity contribution in [3.05, 3.63) is 88.2 Å². The first-order chi connectivity index (χ1) is 15.0. The van der Waals surface area contributed by atoms with E-state index >= 15 is 0 Å². The predicted molar refractivity (Wildman–Crippen MR) is 119 cm³/mol. The van der Waals surface area contributed by atoms with Gasteiger partial charge in [-0.05, 0) is 35.4 Å². The van der Waals surface area contributed by atoms with Crippen molar-refractivity contribution in [2.24, 2.45) is 4.99 Å². The monoisotopic (exact) mass is 416 g/mol. The van der Waals surface area contributed by atoms with Crippen molar-refractivity contribution < 1.29 is 15.3 Å². The summed E-state index contributed by atoms with van der Waals surface area (Å²) in [7, 11) is 0. The molecule has 156 valence electrons.